The highest BCUT2D eigenvalue weighted by molar-refractivity contribution is 7.99. The van der Waals surface area contributed by atoms with Gasteiger partial charge in [-0.15, -0.1) is 0 Å². The number of rotatable bonds is 4. The Bertz CT molecular complexity index is 1210. The Morgan fingerprint density at radius 3 is 2.45 bits per heavy atom. The molecule has 0 bridgehead atoms. The molecule has 2 unspecified atom stereocenters. The second kappa shape index (κ2) is 10.7. The van der Waals surface area contributed by atoms with Crippen LogP contribution < -0.4 is 0 Å². The lowest BCUT2D eigenvalue weighted by molar-refractivity contribution is 0.154. The summed E-state index contributed by atoms with van der Waals surface area (Å²) in [5.74, 6) is 5.06. The van der Waals surface area contributed by atoms with Crippen LogP contribution in [0.3, 0.4) is 0 Å². The number of hydrogen-bond acceptors (Lipinski definition) is 2. The van der Waals surface area contributed by atoms with E-state index in [1.54, 1.807) is 13.2 Å². The van der Waals surface area contributed by atoms with Gasteiger partial charge in [0.25, 0.3) is 0 Å². The minimum absolute atomic E-state index is 0.180. The van der Waals surface area contributed by atoms with Crippen LogP contribution in [0.15, 0.2) is 54.6 Å². The van der Waals surface area contributed by atoms with Crippen LogP contribution in [0.2, 0.25) is 5.02 Å². The van der Waals surface area contributed by atoms with Gasteiger partial charge < -0.3 is 4.74 Å². The number of benzene rings is 3. The van der Waals surface area contributed by atoms with E-state index in [-0.39, 0.29) is 11.1 Å². The Morgan fingerprint density at radius 2 is 1.79 bits per heavy atom. The number of thioether (sulfide) groups is 1. The molecular formula is C27H22ClF3OS. The van der Waals surface area contributed by atoms with Crippen molar-refractivity contribution in [2.24, 2.45) is 5.92 Å². The summed E-state index contributed by atoms with van der Waals surface area (Å²) in [6.07, 6.45) is 2.22. The molecule has 1 nitrogen and oxygen atoms in total. The minimum Gasteiger partial charge on any atom is -0.384 e. The summed E-state index contributed by atoms with van der Waals surface area (Å²) in [5, 5.41) is 0.981. The molecule has 0 spiro atoms. The molecule has 1 fully saturated rings. The molecule has 1 heterocycles. The Morgan fingerprint density at radius 1 is 0.939 bits per heavy atom. The van der Waals surface area contributed by atoms with Crippen LogP contribution >= 0.6 is 23.4 Å². The second-order valence-electron chi connectivity index (χ2n) is 8.03. The quantitative estimate of drug-likeness (QED) is 0.350. The zero-order valence-corrected chi connectivity index (χ0v) is 19.6. The molecule has 3 aromatic carbocycles. The molecule has 33 heavy (non-hydrogen) atoms. The summed E-state index contributed by atoms with van der Waals surface area (Å²) in [7, 11) is 1.74. The van der Waals surface area contributed by atoms with Crippen molar-refractivity contribution in [2.75, 3.05) is 19.5 Å². The Kier molecular flexibility index (Phi) is 7.70. The highest BCUT2D eigenvalue weighted by Gasteiger charge is 2.23. The van der Waals surface area contributed by atoms with Crippen molar-refractivity contribution in [1.82, 2.24) is 0 Å². The van der Waals surface area contributed by atoms with Crippen LogP contribution in [0.25, 0.3) is 11.1 Å². The van der Waals surface area contributed by atoms with E-state index in [0.717, 1.165) is 37.3 Å². The molecule has 4 rings (SSSR count). The van der Waals surface area contributed by atoms with Crippen molar-refractivity contribution in [1.29, 1.82) is 0 Å². The van der Waals surface area contributed by atoms with E-state index in [9.17, 15) is 13.2 Å². The van der Waals surface area contributed by atoms with Crippen LogP contribution in [-0.2, 0) is 4.74 Å². The number of hydrogen-bond donors (Lipinski definition) is 0. The van der Waals surface area contributed by atoms with Crippen LogP contribution in [-0.4, -0.2) is 19.5 Å². The van der Waals surface area contributed by atoms with Crippen molar-refractivity contribution in [3.63, 3.8) is 0 Å². The molecule has 2 atom stereocenters. The summed E-state index contributed by atoms with van der Waals surface area (Å²) in [4.78, 5) is 0. The normalized spacial score (nSPS) is 18.0. The first-order valence-corrected chi connectivity index (χ1v) is 12.0. The van der Waals surface area contributed by atoms with E-state index < -0.39 is 17.5 Å². The van der Waals surface area contributed by atoms with Crippen molar-refractivity contribution < 1.29 is 17.9 Å². The topological polar surface area (TPSA) is 9.23 Å². The van der Waals surface area contributed by atoms with Gasteiger partial charge in [0.1, 0.15) is 5.82 Å². The lowest BCUT2D eigenvalue weighted by Gasteiger charge is -2.28. The van der Waals surface area contributed by atoms with E-state index in [1.807, 2.05) is 23.9 Å². The summed E-state index contributed by atoms with van der Waals surface area (Å²) in [6.45, 7) is 0.803. The third kappa shape index (κ3) is 5.76. The van der Waals surface area contributed by atoms with Crippen LogP contribution in [0.5, 0.6) is 0 Å². The third-order valence-electron chi connectivity index (χ3n) is 5.68. The Hall–Kier alpha value is -2.39. The molecule has 0 amide bonds. The van der Waals surface area contributed by atoms with Crippen LogP contribution in [0.1, 0.15) is 34.8 Å². The molecular weight excluding hydrogens is 465 g/mol. The van der Waals surface area contributed by atoms with Gasteiger partial charge in [-0.2, -0.15) is 11.8 Å². The lowest BCUT2D eigenvalue weighted by atomic mass is 9.99. The van der Waals surface area contributed by atoms with E-state index in [0.29, 0.717) is 27.3 Å². The van der Waals surface area contributed by atoms with Crippen molar-refractivity contribution in [3.05, 3.63) is 93.8 Å². The fourth-order valence-electron chi connectivity index (χ4n) is 3.90. The van der Waals surface area contributed by atoms with Gasteiger partial charge in [0.2, 0.25) is 0 Å². The zero-order chi connectivity index (χ0) is 23.4. The molecule has 3 aromatic rings. The van der Waals surface area contributed by atoms with Gasteiger partial charge in [0, 0.05) is 35.7 Å². The molecule has 1 aliphatic rings. The molecule has 0 aromatic heterocycles. The molecule has 6 heteroatoms. The molecule has 1 aliphatic heterocycles. The van der Waals surface area contributed by atoms with E-state index in [1.165, 1.54) is 23.8 Å². The van der Waals surface area contributed by atoms with Gasteiger partial charge in [-0.1, -0.05) is 41.6 Å². The zero-order valence-electron chi connectivity index (χ0n) is 18.0. The third-order valence-corrected chi connectivity index (χ3v) is 7.57. The minimum atomic E-state index is -1.02. The first kappa shape index (κ1) is 23.8. The van der Waals surface area contributed by atoms with Gasteiger partial charge in [0.05, 0.1) is 5.02 Å². The number of ether oxygens (including phenoxy) is 1. The summed E-state index contributed by atoms with van der Waals surface area (Å²) < 4.78 is 46.5. The Labute approximate surface area is 201 Å². The van der Waals surface area contributed by atoms with Crippen LogP contribution in [0.4, 0.5) is 13.2 Å². The Balaban J connectivity index is 1.48. The summed E-state index contributed by atoms with van der Waals surface area (Å²) in [6, 6.07) is 13.6. The monoisotopic (exact) mass is 486 g/mol. The lowest BCUT2D eigenvalue weighted by Crippen LogP contribution is -2.17. The van der Waals surface area contributed by atoms with Crippen molar-refractivity contribution in [3.8, 4) is 23.0 Å². The molecule has 0 radical (unpaired) electrons. The maximum absolute atomic E-state index is 14.6. The fourth-order valence-corrected chi connectivity index (χ4v) is 5.54. The SMILES string of the molecule is COCC1CCC(c2ccc(C#Cc3ccc(-c4ccc(F)c(F)c4)c(F)c3)c(Cl)c2)SC1. The average molecular weight is 487 g/mol. The van der Waals surface area contributed by atoms with E-state index in [2.05, 4.69) is 17.9 Å². The standard InChI is InChI=1S/C27H22ClF3OS/c1-32-15-18-4-11-27(33-16-18)21-7-6-19(23(28)13-21)5-2-17-3-9-22(25(30)12-17)20-8-10-24(29)26(31)14-20/h3,6-10,12-14,18,27H,4,11,15-16H2,1H3. The maximum Gasteiger partial charge on any atom is 0.159 e. The number of halogens is 4. The molecule has 1 saturated heterocycles. The van der Waals surface area contributed by atoms with Gasteiger partial charge in [0.15, 0.2) is 11.6 Å². The molecule has 0 aliphatic carbocycles. The smallest absolute Gasteiger partial charge is 0.159 e. The first-order chi connectivity index (χ1) is 15.9. The molecule has 0 N–H and O–H groups in total. The van der Waals surface area contributed by atoms with E-state index >= 15 is 0 Å². The van der Waals surface area contributed by atoms with Crippen molar-refractivity contribution in [2.45, 2.75) is 18.1 Å². The molecule has 170 valence electrons. The predicted octanol–water partition coefficient (Wildman–Crippen LogP) is 7.65. The van der Waals surface area contributed by atoms with Crippen molar-refractivity contribution >= 4 is 23.4 Å². The van der Waals surface area contributed by atoms with Gasteiger partial charge >= 0.3 is 0 Å². The van der Waals surface area contributed by atoms with E-state index in [4.69, 9.17) is 16.3 Å². The predicted molar refractivity (Wildman–Crippen MR) is 129 cm³/mol. The highest BCUT2D eigenvalue weighted by atomic mass is 35.5. The van der Waals surface area contributed by atoms with Gasteiger partial charge in [-0.05, 0) is 72.0 Å². The first-order valence-electron chi connectivity index (χ1n) is 10.6. The summed E-state index contributed by atoms with van der Waals surface area (Å²) >= 11 is 8.42. The summed E-state index contributed by atoms with van der Waals surface area (Å²) in [5.41, 5.74) is 2.76. The highest BCUT2D eigenvalue weighted by Crippen LogP contribution is 2.41. The number of methoxy groups -OCH3 is 1. The maximum atomic E-state index is 14.6. The van der Waals surface area contributed by atoms with Gasteiger partial charge in [-0.25, -0.2) is 13.2 Å². The largest absolute Gasteiger partial charge is 0.384 e. The van der Waals surface area contributed by atoms with Gasteiger partial charge in [-0.3, -0.25) is 0 Å². The fraction of sp³-hybridized carbons (Fsp3) is 0.259. The molecule has 0 saturated carbocycles. The average Bonchev–Trinajstić information content (AvgIpc) is 2.81. The van der Waals surface area contributed by atoms with Crippen LogP contribution in [0, 0.1) is 35.2 Å². The second-order valence-corrected chi connectivity index (χ2v) is 9.68.